The number of Topliss-reactive ketones (excluding diaryl/α,β-unsaturated/α-hetero) is 1. The summed E-state index contributed by atoms with van der Waals surface area (Å²) in [4.78, 5) is 30.0. The number of thioether (sulfide) groups is 1. The van der Waals surface area contributed by atoms with Gasteiger partial charge in [-0.1, -0.05) is 52.8 Å². The number of esters is 1. The van der Waals surface area contributed by atoms with Crippen LogP contribution < -0.4 is 0 Å². The summed E-state index contributed by atoms with van der Waals surface area (Å²) in [5, 5.41) is 12.5. The maximum absolute atomic E-state index is 12.9. The van der Waals surface area contributed by atoms with Gasteiger partial charge in [0, 0.05) is 43.7 Å². The van der Waals surface area contributed by atoms with Crippen LogP contribution in [0, 0.1) is 17.3 Å². The fourth-order valence-corrected chi connectivity index (χ4v) is 4.39. The van der Waals surface area contributed by atoms with Crippen molar-refractivity contribution in [2.24, 2.45) is 22.2 Å². The molecule has 0 rings (SSSR count). The summed E-state index contributed by atoms with van der Waals surface area (Å²) < 4.78 is 42.7. The number of ketones is 1. The van der Waals surface area contributed by atoms with Gasteiger partial charge in [-0.2, -0.15) is 13.2 Å². The van der Waals surface area contributed by atoms with Crippen LogP contribution in [0.3, 0.4) is 0 Å². The summed E-state index contributed by atoms with van der Waals surface area (Å²) in [5.74, 6) is -0.791. The lowest BCUT2D eigenvalue weighted by Gasteiger charge is -2.28. The number of hydrogen-bond acceptors (Lipinski definition) is 6. The molecule has 0 aliphatic rings. The quantitative estimate of drug-likeness (QED) is 0.0711. The lowest BCUT2D eigenvalue weighted by Crippen LogP contribution is -2.33. The summed E-state index contributed by atoms with van der Waals surface area (Å²) in [5.41, 5.74) is 1.11. The van der Waals surface area contributed by atoms with Crippen LogP contribution in [0.5, 0.6) is 0 Å². The number of hydrogen-bond donors (Lipinski definition) is 1. The van der Waals surface area contributed by atoms with Gasteiger partial charge in [0.05, 0.1) is 11.8 Å². The number of aliphatic hydroxyl groups is 1. The zero-order chi connectivity index (χ0) is 30.9. The molecule has 1 N–H and O–H groups in total. The number of halogens is 3. The molecular formula is C31H48F3NO4S. The highest BCUT2D eigenvalue weighted by Crippen LogP contribution is 2.31. The van der Waals surface area contributed by atoms with Crippen molar-refractivity contribution in [1.29, 1.82) is 0 Å². The molecule has 4 atom stereocenters. The minimum atomic E-state index is -4.23. The topological polar surface area (TPSA) is 76.0 Å². The van der Waals surface area contributed by atoms with Crippen LogP contribution in [0.25, 0.3) is 0 Å². The molecule has 0 aromatic rings. The molecular weight excluding hydrogens is 539 g/mol. The Hall–Kier alpha value is -2.13. The molecule has 0 saturated heterocycles. The molecule has 0 aliphatic heterocycles. The van der Waals surface area contributed by atoms with Gasteiger partial charge in [-0.15, -0.1) is 18.3 Å². The van der Waals surface area contributed by atoms with Crippen molar-refractivity contribution in [2.45, 2.75) is 105 Å². The van der Waals surface area contributed by atoms with Crippen molar-refractivity contribution >= 4 is 29.7 Å². The van der Waals surface area contributed by atoms with Gasteiger partial charge < -0.3 is 9.84 Å². The van der Waals surface area contributed by atoms with Crippen LogP contribution in [0.4, 0.5) is 13.2 Å². The lowest BCUT2D eigenvalue weighted by molar-refractivity contribution is -0.148. The fraction of sp³-hybridized carbons (Fsp3) is 0.645. The van der Waals surface area contributed by atoms with E-state index in [9.17, 15) is 27.9 Å². The Morgan fingerprint density at radius 3 is 2.38 bits per heavy atom. The standard InChI is InChI=1S/C31H48F3NO4S/c1-9-14-27(23(5)19-25(35-10-2)21-40-11-3)39-28(37)16-18-30(7,8)20-26(36)24(6)29(38)22(4)15-12-13-17-31(32,33)34/h9-10,12,15,19,21-22,24,27,29,38H,1,11,13-14,16-18,20H2,2-8H3/b15-12+,23-19+,25-21-,35-10?/t22-,24-,27-,29-/m0/s1. The van der Waals surface area contributed by atoms with Crippen LogP contribution in [0.15, 0.2) is 52.6 Å². The zero-order valence-electron chi connectivity index (χ0n) is 25.1. The summed E-state index contributed by atoms with van der Waals surface area (Å²) >= 11 is 1.63. The highest BCUT2D eigenvalue weighted by molar-refractivity contribution is 8.02. The number of aliphatic imine (C=N–C) groups is 1. The van der Waals surface area contributed by atoms with E-state index in [1.165, 1.54) is 12.2 Å². The second kappa shape index (κ2) is 19.1. The first-order valence-corrected chi connectivity index (χ1v) is 14.8. The minimum Gasteiger partial charge on any atom is -0.457 e. The van der Waals surface area contributed by atoms with Crippen molar-refractivity contribution in [3.63, 3.8) is 0 Å². The van der Waals surface area contributed by atoms with Crippen LogP contribution in [0.1, 0.15) is 87.0 Å². The van der Waals surface area contributed by atoms with Crippen LogP contribution in [-0.4, -0.2) is 47.2 Å². The van der Waals surface area contributed by atoms with Crippen molar-refractivity contribution in [2.75, 3.05) is 5.75 Å². The maximum atomic E-state index is 12.9. The molecule has 0 unspecified atom stereocenters. The average Bonchev–Trinajstić information content (AvgIpc) is 2.86. The Bertz CT molecular complexity index is 922. The second-order valence-electron chi connectivity index (χ2n) is 10.8. The van der Waals surface area contributed by atoms with E-state index in [4.69, 9.17) is 4.74 Å². The highest BCUT2D eigenvalue weighted by Gasteiger charge is 2.31. The molecule has 0 aromatic carbocycles. The third-order valence-corrected chi connectivity index (χ3v) is 7.18. The van der Waals surface area contributed by atoms with Gasteiger partial charge in [-0.05, 0) is 54.9 Å². The molecule has 0 radical (unpaired) electrons. The van der Waals surface area contributed by atoms with E-state index >= 15 is 0 Å². The van der Waals surface area contributed by atoms with Gasteiger partial charge in [-0.25, -0.2) is 0 Å². The SMILES string of the molecule is C=CC[C@H](OC(=O)CCC(C)(C)CC(=O)[C@H](C)[C@@H](O)[C@@H](C)/C=C/CCC(F)(F)F)/C(C)=C/C(=C/SCC)N=CC. The Balaban J connectivity index is 5.08. The average molecular weight is 588 g/mol. The van der Waals surface area contributed by atoms with Gasteiger partial charge >= 0.3 is 12.1 Å². The molecule has 0 spiro atoms. The molecule has 0 bridgehead atoms. The van der Waals surface area contributed by atoms with E-state index in [2.05, 4.69) is 18.5 Å². The summed E-state index contributed by atoms with van der Waals surface area (Å²) in [6, 6.07) is 0. The first kappa shape index (κ1) is 37.9. The van der Waals surface area contributed by atoms with Gasteiger partial charge in [0.15, 0.2) is 0 Å². The van der Waals surface area contributed by atoms with Gasteiger partial charge in [0.1, 0.15) is 11.9 Å². The molecule has 0 aromatic heterocycles. The number of carbonyl (C=O) groups is 2. The van der Waals surface area contributed by atoms with Gasteiger partial charge in [0.2, 0.25) is 0 Å². The van der Waals surface area contributed by atoms with Crippen LogP contribution in [-0.2, 0) is 14.3 Å². The van der Waals surface area contributed by atoms with Crippen LogP contribution >= 0.6 is 11.8 Å². The summed E-state index contributed by atoms with van der Waals surface area (Å²) in [6.45, 7) is 16.6. The monoisotopic (exact) mass is 587 g/mol. The Morgan fingerprint density at radius 1 is 1.18 bits per heavy atom. The van der Waals surface area contributed by atoms with E-state index in [0.717, 1.165) is 17.0 Å². The molecule has 228 valence electrons. The van der Waals surface area contributed by atoms with Crippen molar-refractivity contribution in [3.8, 4) is 0 Å². The van der Waals surface area contributed by atoms with Gasteiger partial charge in [-0.3, -0.25) is 14.6 Å². The molecule has 0 heterocycles. The van der Waals surface area contributed by atoms with Crippen molar-refractivity contribution in [3.05, 3.63) is 47.6 Å². The van der Waals surface area contributed by atoms with Crippen LogP contribution in [0.2, 0.25) is 0 Å². The predicted octanol–water partition coefficient (Wildman–Crippen LogP) is 8.40. The Morgan fingerprint density at radius 2 is 1.82 bits per heavy atom. The van der Waals surface area contributed by atoms with E-state index in [1.807, 2.05) is 39.2 Å². The third-order valence-electron chi connectivity index (χ3n) is 6.44. The molecule has 0 aliphatic carbocycles. The second-order valence-corrected chi connectivity index (χ2v) is 12.0. The normalized spacial score (nSPS) is 16.7. The smallest absolute Gasteiger partial charge is 0.389 e. The number of alkyl halides is 3. The minimum absolute atomic E-state index is 0.123. The molecule has 40 heavy (non-hydrogen) atoms. The predicted molar refractivity (Wildman–Crippen MR) is 160 cm³/mol. The molecule has 0 fully saturated rings. The molecule has 0 saturated carbocycles. The lowest BCUT2D eigenvalue weighted by atomic mass is 9.78. The number of rotatable bonds is 19. The van der Waals surface area contributed by atoms with E-state index < -0.39 is 42.1 Å². The highest BCUT2D eigenvalue weighted by atomic mass is 32.2. The Kier molecular flexibility index (Phi) is 18.1. The molecule has 5 nitrogen and oxygen atoms in total. The van der Waals surface area contributed by atoms with Crippen molar-refractivity contribution in [1.82, 2.24) is 0 Å². The number of nitrogens with zero attached hydrogens (tertiary/aromatic N) is 1. The van der Waals surface area contributed by atoms with E-state index in [0.29, 0.717) is 12.8 Å². The Labute approximate surface area is 243 Å². The maximum Gasteiger partial charge on any atom is 0.389 e. The van der Waals surface area contributed by atoms with Crippen molar-refractivity contribution < 1.29 is 32.6 Å². The van der Waals surface area contributed by atoms with E-state index in [1.54, 1.807) is 37.9 Å². The number of aliphatic hydroxyl groups excluding tert-OH is 1. The number of carbonyl (C=O) groups excluding carboxylic acids is 2. The van der Waals surface area contributed by atoms with E-state index in [-0.39, 0.29) is 31.0 Å². The van der Waals surface area contributed by atoms with Gasteiger partial charge in [0.25, 0.3) is 0 Å². The number of ether oxygens (including phenoxy) is 1. The zero-order valence-corrected chi connectivity index (χ0v) is 25.9. The third kappa shape index (κ3) is 16.9. The fourth-order valence-electron chi connectivity index (χ4n) is 3.92. The summed E-state index contributed by atoms with van der Waals surface area (Å²) in [6.07, 6.45) is 2.54. The first-order valence-electron chi connectivity index (χ1n) is 13.8. The molecule has 0 amide bonds. The largest absolute Gasteiger partial charge is 0.457 e. The summed E-state index contributed by atoms with van der Waals surface area (Å²) in [7, 11) is 0. The molecule has 9 heteroatoms. The number of allylic oxidation sites excluding steroid dienone is 2. The first-order chi connectivity index (χ1) is 18.6.